The molecule has 0 spiro atoms. The van der Waals surface area contributed by atoms with E-state index in [1.54, 1.807) is 13.0 Å². The Balaban J connectivity index is 1.70. The van der Waals surface area contributed by atoms with Crippen molar-refractivity contribution < 1.29 is 27.0 Å². The second-order valence-corrected chi connectivity index (χ2v) is 9.34. The van der Waals surface area contributed by atoms with Crippen LogP contribution in [0.25, 0.3) is 22.4 Å². The van der Waals surface area contributed by atoms with Crippen molar-refractivity contribution in [2.24, 2.45) is 0 Å². The topological polar surface area (TPSA) is 128 Å². The van der Waals surface area contributed by atoms with E-state index in [9.17, 15) is 13.2 Å². The fourth-order valence-electron chi connectivity index (χ4n) is 3.45. The van der Waals surface area contributed by atoms with Gasteiger partial charge in [-0.3, -0.25) is 9.63 Å². The third kappa shape index (κ3) is 4.13. The van der Waals surface area contributed by atoms with Crippen LogP contribution in [0.15, 0.2) is 50.2 Å². The average Bonchev–Trinajstić information content (AvgIpc) is 3.33. The predicted octanol–water partition coefficient (Wildman–Crippen LogP) is 3.84. The van der Waals surface area contributed by atoms with Crippen LogP contribution in [0.1, 0.15) is 27.6 Å². The van der Waals surface area contributed by atoms with Crippen molar-refractivity contribution in [2.75, 3.05) is 19.5 Å². The van der Waals surface area contributed by atoms with Gasteiger partial charge in [0.15, 0.2) is 0 Å². The van der Waals surface area contributed by atoms with Gasteiger partial charge in [-0.1, -0.05) is 9.63 Å². The van der Waals surface area contributed by atoms with Crippen LogP contribution >= 0.6 is 0 Å². The number of hydroxylamine groups is 1. The maximum absolute atomic E-state index is 13.2. The molecule has 3 heterocycles. The largest absolute Gasteiger partial charge is 0.466 e. The third-order valence-corrected chi connectivity index (χ3v) is 6.88. The zero-order chi connectivity index (χ0) is 23.9. The highest BCUT2D eigenvalue weighted by Crippen LogP contribution is 2.31. The van der Waals surface area contributed by atoms with Crippen LogP contribution in [0.3, 0.4) is 0 Å². The van der Waals surface area contributed by atoms with Gasteiger partial charge in [0.25, 0.3) is 21.6 Å². The molecule has 0 fully saturated rings. The van der Waals surface area contributed by atoms with Crippen LogP contribution < -0.4 is 5.32 Å². The number of hydrogen-bond acceptors (Lipinski definition) is 8. The molecule has 0 aliphatic heterocycles. The zero-order valence-electron chi connectivity index (χ0n) is 18.7. The first kappa shape index (κ1) is 22.6. The van der Waals surface area contributed by atoms with Gasteiger partial charge in [-0.05, 0) is 57.2 Å². The third-order valence-electron chi connectivity index (χ3n) is 5.18. The number of furan rings is 1. The van der Waals surface area contributed by atoms with Crippen LogP contribution in [-0.2, 0) is 14.9 Å². The predicted molar refractivity (Wildman–Crippen MR) is 120 cm³/mol. The number of sulfonamides is 1. The Bertz CT molecular complexity index is 1450. The number of carbonyl (C=O) groups excluding carboxylic acids is 1. The summed E-state index contributed by atoms with van der Waals surface area (Å²) in [6.45, 7) is 5.37. The van der Waals surface area contributed by atoms with Gasteiger partial charge in [-0.25, -0.2) is 13.4 Å². The van der Waals surface area contributed by atoms with E-state index in [4.69, 9.17) is 13.8 Å². The van der Waals surface area contributed by atoms with E-state index in [1.165, 1.54) is 38.4 Å². The molecule has 0 radical (unpaired) electrons. The summed E-state index contributed by atoms with van der Waals surface area (Å²) in [4.78, 5) is 22.5. The molecule has 0 bridgehead atoms. The van der Waals surface area contributed by atoms with E-state index in [1.807, 2.05) is 19.9 Å². The fourth-order valence-corrected chi connectivity index (χ4v) is 4.43. The molecule has 1 aromatic carbocycles. The average molecular weight is 471 g/mol. The second-order valence-electron chi connectivity index (χ2n) is 7.41. The van der Waals surface area contributed by atoms with Gasteiger partial charge >= 0.3 is 0 Å². The number of hydrogen-bond donors (Lipinski definition) is 1. The summed E-state index contributed by atoms with van der Waals surface area (Å²) in [6, 6.07) is 9.26. The van der Waals surface area contributed by atoms with Crippen LogP contribution in [0, 0.1) is 20.8 Å². The van der Waals surface area contributed by atoms with Crippen molar-refractivity contribution >= 4 is 32.7 Å². The first-order chi connectivity index (χ1) is 15.6. The highest BCUT2D eigenvalue weighted by atomic mass is 32.2. The van der Waals surface area contributed by atoms with E-state index in [0.29, 0.717) is 33.8 Å². The van der Waals surface area contributed by atoms with Gasteiger partial charge in [-0.15, -0.1) is 0 Å². The number of aromatic nitrogens is 2. The number of benzene rings is 1. The number of nitrogens with zero attached hydrogens (tertiary/aromatic N) is 3. The van der Waals surface area contributed by atoms with Gasteiger partial charge in [0, 0.05) is 18.3 Å². The minimum absolute atomic E-state index is 0.0270. The Morgan fingerprint density at radius 2 is 1.82 bits per heavy atom. The van der Waals surface area contributed by atoms with Gasteiger partial charge in [0.2, 0.25) is 0 Å². The molecule has 0 aliphatic rings. The van der Waals surface area contributed by atoms with Crippen LogP contribution in [0.5, 0.6) is 0 Å². The lowest BCUT2D eigenvalue weighted by Gasteiger charge is -2.14. The molecule has 0 aliphatic carbocycles. The van der Waals surface area contributed by atoms with Crippen LogP contribution in [0.4, 0.5) is 5.69 Å². The number of nitrogens with one attached hydrogen (secondary N) is 1. The molecule has 33 heavy (non-hydrogen) atoms. The first-order valence-electron chi connectivity index (χ1n) is 9.90. The standard InChI is InChI=1S/C22H22N4O6S/c1-12-10-17(14(3)31-12)19-11-18(20-13(2)25-32-22(20)24-19)21(27)23-15-6-8-16(9-7-15)33(28,29)26(4)30-5/h6-11H,1-5H3,(H,23,27). The van der Waals surface area contributed by atoms with Crippen molar-refractivity contribution in [1.29, 1.82) is 0 Å². The summed E-state index contributed by atoms with van der Waals surface area (Å²) in [5.41, 5.74) is 2.75. The number of aryl methyl sites for hydroxylation is 3. The Morgan fingerprint density at radius 1 is 1.12 bits per heavy atom. The van der Waals surface area contributed by atoms with E-state index in [-0.39, 0.29) is 10.6 Å². The van der Waals surface area contributed by atoms with Crippen molar-refractivity contribution in [1.82, 2.24) is 14.6 Å². The summed E-state index contributed by atoms with van der Waals surface area (Å²) in [5.74, 6) is 0.968. The molecule has 172 valence electrons. The van der Waals surface area contributed by atoms with Crippen molar-refractivity contribution in [3.8, 4) is 11.3 Å². The molecule has 3 aromatic heterocycles. The SMILES string of the molecule is CON(C)S(=O)(=O)c1ccc(NC(=O)c2cc(-c3cc(C)oc3C)nc3onc(C)c23)cc1. The molecule has 0 saturated carbocycles. The maximum atomic E-state index is 13.2. The minimum atomic E-state index is -3.79. The summed E-state index contributed by atoms with van der Waals surface area (Å²) in [7, 11) is -1.24. The highest BCUT2D eigenvalue weighted by Gasteiger charge is 2.23. The number of rotatable bonds is 6. The molecule has 10 nitrogen and oxygen atoms in total. The van der Waals surface area contributed by atoms with Crippen molar-refractivity contribution in [3.63, 3.8) is 0 Å². The second kappa shape index (κ2) is 8.43. The monoisotopic (exact) mass is 470 g/mol. The molecule has 0 unspecified atom stereocenters. The maximum Gasteiger partial charge on any atom is 0.264 e. The van der Waals surface area contributed by atoms with Crippen molar-refractivity contribution in [2.45, 2.75) is 25.7 Å². The minimum Gasteiger partial charge on any atom is -0.466 e. The lowest BCUT2D eigenvalue weighted by Crippen LogP contribution is -2.25. The van der Waals surface area contributed by atoms with E-state index >= 15 is 0 Å². The molecule has 1 N–H and O–H groups in total. The number of pyridine rings is 1. The molecule has 1 amide bonds. The summed E-state index contributed by atoms with van der Waals surface area (Å²) in [5, 5.41) is 7.23. The van der Waals surface area contributed by atoms with Gasteiger partial charge in [-0.2, -0.15) is 0 Å². The van der Waals surface area contributed by atoms with E-state index < -0.39 is 15.9 Å². The smallest absolute Gasteiger partial charge is 0.264 e. The number of amides is 1. The summed E-state index contributed by atoms with van der Waals surface area (Å²) in [6.07, 6.45) is 0. The Morgan fingerprint density at radius 3 is 2.42 bits per heavy atom. The van der Waals surface area contributed by atoms with Crippen molar-refractivity contribution in [3.05, 3.63) is 59.2 Å². The number of carbonyl (C=O) groups is 1. The number of fused-ring (bicyclic) bond motifs is 1. The normalized spacial score (nSPS) is 11.9. The van der Waals surface area contributed by atoms with E-state index in [0.717, 1.165) is 15.8 Å². The van der Waals surface area contributed by atoms with Gasteiger partial charge in [0.1, 0.15) is 11.5 Å². The number of anilines is 1. The van der Waals surface area contributed by atoms with Gasteiger partial charge < -0.3 is 14.3 Å². The Kier molecular flexibility index (Phi) is 5.78. The fraction of sp³-hybridized carbons (Fsp3) is 0.227. The molecule has 4 aromatic rings. The molecular weight excluding hydrogens is 448 g/mol. The van der Waals surface area contributed by atoms with Gasteiger partial charge in [0.05, 0.1) is 34.3 Å². The Labute approximate surface area is 190 Å². The molecule has 4 rings (SSSR count). The molecule has 0 atom stereocenters. The van der Waals surface area contributed by atoms with E-state index in [2.05, 4.69) is 15.5 Å². The zero-order valence-corrected chi connectivity index (χ0v) is 19.5. The Hall–Kier alpha value is -3.54. The summed E-state index contributed by atoms with van der Waals surface area (Å²) >= 11 is 0. The quantitative estimate of drug-likeness (QED) is 0.421. The van der Waals surface area contributed by atoms with Crippen LogP contribution in [-0.4, -0.2) is 43.1 Å². The lowest BCUT2D eigenvalue weighted by atomic mass is 10.1. The first-order valence-corrected chi connectivity index (χ1v) is 11.3. The molecular formula is C22H22N4O6S. The molecule has 11 heteroatoms. The molecule has 0 saturated heterocycles. The highest BCUT2D eigenvalue weighted by molar-refractivity contribution is 7.89. The lowest BCUT2D eigenvalue weighted by molar-refractivity contribution is -0.0258. The summed E-state index contributed by atoms with van der Waals surface area (Å²) < 4.78 is 36.4. The van der Waals surface area contributed by atoms with Crippen LogP contribution in [0.2, 0.25) is 0 Å².